The standard InChI is InChI=1S/C12H13BrN2O/c1-8(2)11-10(13)12(16)15(14-11)9-6-4-3-5-7-9/h3-8,14H,1-2H3. The van der Waals surface area contributed by atoms with Gasteiger partial charge in [0.25, 0.3) is 5.56 Å². The molecule has 2 aromatic rings. The van der Waals surface area contributed by atoms with Gasteiger partial charge in [0, 0.05) is 0 Å². The summed E-state index contributed by atoms with van der Waals surface area (Å²) in [6.45, 7) is 4.09. The molecule has 16 heavy (non-hydrogen) atoms. The van der Waals surface area contributed by atoms with Crippen molar-refractivity contribution >= 4 is 15.9 Å². The van der Waals surface area contributed by atoms with Crippen LogP contribution in [0.4, 0.5) is 0 Å². The Morgan fingerprint density at radius 1 is 1.25 bits per heavy atom. The average Bonchev–Trinajstić information content (AvgIpc) is 2.58. The van der Waals surface area contributed by atoms with E-state index in [-0.39, 0.29) is 11.5 Å². The highest BCUT2D eigenvalue weighted by Crippen LogP contribution is 2.20. The van der Waals surface area contributed by atoms with E-state index in [2.05, 4.69) is 21.0 Å². The predicted molar refractivity (Wildman–Crippen MR) is 68.2 cm³/mol. The van der Waals surface area contributed by atoms with Gasteiger partial charge < -0.3 is 0 Å². The SMILES string of the molecule is CC(C)c1[nH]n(-c2ccccc2)c(=O)c1Br. The van der Waals surface area contributed by atoms with Crippen molar-refractivity contribution in [3.8, 4) is 5.69 Å². The topological polar surface area (TPSA) is 37.8 Å². The van der Waals surface area contributed by atoms with Crippen molar-refractivity contribution in [3.05, 3.63) is 50.9 Å². The molecule has 0 aliphatic rings. The third-order valence-electron chi connectivity index (χ3n) is 2.45. The van der Waals surface area contributed by atoms with Crippen LogP contribution in [0.3, 0.4) is 0 Å². The lowest BCUT2D eigenvalue weighted by Crippen LogP contribution is -2.14. The van der Waals surface area contributed by atoms with E-state index in [0.29, 0.717) is 4.47 Å². The first kappa shape index (κ1) is 11.2. The molecule has 0 saturated carbocycles. The number of nitrogens with zero attached hydrogens (tertiary/aromatic N) is 1. The fourth-order valence-electron chi connectivity index (χ4n) is 1.58. The number of aromatic nitrogens is 2. The number of rotatable bonds is 2. The maximum Gasteiger partial charge on any atom is 0.285 e. The van der Waals surface area contributed by atoms with E-state index in [1.54, 1.807) is 4.68 Å². The van der Waals surface area contributed by atoms with Crippen LogP contribution in [0, 0.1) is 0 Å². The Balaban J connectivity index is 2.60. The number of nitrogens with one attached hydrogen (secondary N) is 1. The highest BCUT2D eigenvalue weighted by Gasteiger charge is 2.14. The minimum absolute atomic E-state index is 0.0464. The zero-order chi connectivity index (χ0) is 11.7. The Kier molecular flexibility index (Phi) is 3.01. The van der Waals surface area contributed by atoms with Crippen LogP contribution in [0.1, 0.15) is 25.5 Å². The van der Waals surface area contributed by atoms with E-state index in [1.165, 1.54) is 0 Å². The Hall–Kier alpha value is -1.29. The number of halogens is 1. The van der Waals surface area contributed by atoms with Crippen LogP contribution < -0.4 is 5.56 Å². The van der Waals surface area contributed by atoms with Gasteiger partial charge in [0.2, 0.25) is 0 Å². The van der Waals surface area contributed by atoms with E-state index < -0.39 is 0 Å². The quantitative estimate of drug-likeness (QED) is 0.902. The highest BCUT2D eigenvalue weighted by atomic mass is 79.9. The predicted octanol–water partition coefficient (Wildman–Crippen LogP) is 3.05. The first-order valence-electron chi connectivity index (χ1n) is 5.17. The van der Waals surface area contributed by atoms with Crippen molar-refractivity contribution in [3.63, 3.8) is 0 Å². The summed E-state index contributed by atoms with van der Waals surface area (Å²) in [5, 5.41) is 3.12. The van der Waals surface area contributed by atoms with Crippen molar-refractivity contribution in [1.29, 1.82) is 0 Å². The smallest absolute Gasteiger partial charge is 0.285 e. The minimum atomic E-state index is -0.0464. The number of hydrogen-bond acceptors (Lipinski definition) is 1. The van der Waals surface area contributed by atoms with Gasteiger partial charge >= 0.3 is 0 Å². The molecule has 1 N–H and O–H groups in total. The lowest BCUT2D eigenvalue weighted by atomic mass is 10.1. The molecule has 0 saturated heterocycles. The van der Waals surface area contributed by atoms with E-state index in [9.17, 15) is 4.79 Å². The van der Waals surface area contributed by atoms with Gasteiger partial charge in [0.05, 0.1) is 11.4 Å². The van der Waals surface area contributed by atoms with Gasteiger partial charge in [-0.1, -0.05) is 32.0 Å². The Morgan fingerprint density at radius 2 is 1.88 bits per heavy atom. The van der Waals surface area contributed by atoms with Crippen molar-refractivity contribution in [2.75, 3.05) is 0 Å². The summed E-state index contributed by atoms with van der Waals surface area (Å²) >= 11 is 3.33. The van der Waals surface area contributed by atoms with Gasteiger partial charge in [0.1, 0.15) is 4.47 Å². The third kappa shape index (κ3) is 1.85. The lowest BCUT2D eigenvalue weighted by Gasteiger charge is -2.02. The normalized spacial score (nSPS) is 11.0. The molecule has 0 radical (unpaired) electrons. The summed E-state index contributed by atoms with van der Waals surface area (Å²) in [6, 6.07) is 9.54. The first-order chi connectivity index (χ1) is 7.61. The van der Waals surface area contributed by atoms with Gasteiger partial charge in [0.15, 0.2) is 0 Å². The molecule has 0 amide bonds. The fraction of sp³-hybridized carbons (Fsp3) is 0.250. The van der Waals surface area contributed by atoms with Crippen LogP contribution >= 0.6 is 15.9 Å². The number of H-pyrrole nitrogens is 1. The molecule has 1 aromatic heterocycles. The first-order valence-corrected chi connectivity index (χ1v) is 5.96. The molecule has 0 bridgehead atoms. The van der Waals surface area contributed by atoms with Crippen LogP contribution in [-0.4, -0.2) is 9.78 Å². The Morgan fingerprint density at radius 3 is 2.38 bits per heavy atom. The zero-order valence-electron chi connectivity index (χ0n) is 9.20. The third-order valence-corrected chi connectivity index (χ3v) is 3.22. The zero-order valence-corrected chi connectivity index (χ0v) is 10.8. The molecule has 0 spiro atoms. The Labute approximate surface area is 102 Å². The molecule has 4 heteroatoms. The molecule has 0 fully saturated rings. The van der Waals surface area contributed by atoms with Gasteiger partial charge in [-0.3, -0.25) is 9.89 Å². The number of benzene rings is 1. The molecule has 0 unspecified atom stereocenters. The fourth-order valence-corrected chi connectivity index (χ4v) is 2.30. The number of hydrogen-bond donors (Lipinski definition) is 1. The van der Waals surface area contributed by atoms with Crippen LogP contribution in [0.25, 0.3) is 5.69 Å². The van der Waals surface area contributed by atoms with Gasteiger partial charge in [-0.05, 0) is 34.0 Å². The second-order valence-electron chi connectivity index (χ2n) is 3.97. The van der Waals surface area contributed by atoms with E-state index in [1.807, 2.05) is 44.2 Å². The maximum absolute atomic E-state index is 12.0. The summed E-state index contributed by atoms with van der Waals surface area (Å²) in [6.07, 6.45) is 0. The van der Waals surface area contributed by atoms with Crippen LogP contribution in [0.15, 0.2) is 39.6 Å². The second-order valence-corrected chi connectivity index (χ2v) is 4.76. The molecule has 1 heterocycles. The van der Waals surface area contributed by atoms with Crippen LogP contribution in [0.5, 0.6) is 0 Å². The maximum atomic E-state index is 12.0. The van der Waals surface area contributed by atoms with Crippen molar-refractivity contribution in [1.82, 2.24) is 9.78 Å². The summed E-state index contributed by atoms with van der Waals surface area (Å²) in [5.74, 6) is 0.284. The molecule has 84 valence electrons. The highest BCUT2D eigenvalue weighted by molar-refractivity contribution is 9.10. The molecular formula is C12H13BrN2O. The van der Waals surface area contributed by atoms with Crippen molar-refractivity contribution < 1.29 is 0 Å². The van der Waals surface area contributed by atoms with E-state index in [4.69, 9.17) is 0 Å². The number of para-hydroxylation sites is 1. The Bertz CT molecular complexity index is 540. The minimum Gasteiger partial charge on any atom is -0.294 e. The van der Waals surface area contributed by atoms with Crippen LogP contribution in [0.2, 0.25) is 0 Å². The largest absolute Gasteiger partial charge is 0.294 e. The molecule has 0 aliphatic heterocycles. The summed E-state index contributed by atoms with van der Waals surface area (Å²) in [7, 11) is 0. The second kappa shape index (κ2) is 4.29. The summed E-state index contributed by atoms with van der Waals surface area (Å²) < 4.78 is 2.17. The molecular weight excluding hydrogens is 268 g/mol. The summed E-state index contributed by atoms with van der Waals surface area (Å²) in [4.78, 5) is 12.0. The van der Waals surface area contributed by atoms with Gasteiger partial charge in [-0.25, -0.2) is 4.68 Å². The lowest BCUT2D eigenvalue weighted by molar-refractivity contribution is 0.759. The molecule has 3 nitrogen and oxygen atoms in total. The summed E-state index contributed by atoms with van der Waals surface area (Å²) in [5.41, 5.74) is 1.73. The van der Waals surface area contributed by atoms with Gasteiger partial charge in [-0.15, -0.1) is 0 Å². The average molecular weight is 281 g/mol. The van der Waals surface area contributed by atoms with Crippen molar-refractivity contribution in [2.24, 2.45) is 0 Å². The van der Waals surface area contributed by atoms with E-state index >= 15 is 0 Å². The van der Waals surface area contributed by atoms with Crippen molar-refractivity contribution in [2.45, 2.75) is 19.8 Å². The molecule has 2 rings (SSSR count). The molecule has 0 atom stereocenters. The number of aromatic amines is 1. The van der Waals surface area contributed by atoms with E-state index in [0.717, 1.165) is 11.4 Å². The van der Waals surface area contributed by atoms with Crippen LogP contribution in [-0.2, 0) is 0 Å². The van der Waals surface area contributed by atoms with Gasteiger partial charge in [-0.2, -0.15) is 0 Å². The monoisotopic (exact) mass is 280 g/mol. The molecule has 1 aromatic carbocycles. The molecule has 0 aliphatic carbocycles.